The van der Waals surface area contributed by atoms with Crippen LogP contribution in [0.4, 0.5) is 0 Å². The molecule has 10 nitrogen and oxygen atoms in total. The van der Waals surface area contributed by atoms with E-state index < -0.39 is 86.0 Å². The summed E-state index contributed by atoms with van der Waals surface area (Å²) in [6, 6.07) is 0. The average molecular weight is 515 g/mol. The van der Waals surface area contributed by atoms with Crippen molar-refractivity contribution in [2.75, 3.05) is 0 Å². The van der Waals surface area contributed by atoms with Crippen LogP contribution in [0.15, 0.2) is 0 Å². The first-order valence-corrected chi connectivity index (χ1v) is 33.6. The minimum absolute atomic E-state index is 1.61. The molecule has 0 heterocycles. The Kier molecular flexibility index (Phi) is 10.1. The third-order valence-corrected chi connectivity index (χ3v) is 81.4. The van der Waals surface area contributed by atoms with Crippen LogP contribution in [-0.4, -0.2) is 86.0 Å². The fourth-order valence-electron chi connectivity index (χ4n) is 1.12. The van der Waals surface area contributed by atoms with Crippen molar-refractivity contribution in [2.45, 2.75) is 19.6 Å². The second kappa shape index (κ2) is 9.91. The van der Waals surface area contributed by atoms with Gasteiger partial charge < -0.3 is 44.6 Å². The van der Waals surface area contributed by atoms with E-state index in [0.717, 1.165) is 0 Å². The third kappa shape index (κ3) is 6.28. The van der Waals surface area contributed by atoms with Crippen LogP contribution in [-0.2, 0) is 44.6 Å². The summed E-state index contributed by atoms with van der Waals surface area (Å²) in [5.74, 6) is 0. The van der Waals surface area contributed by atoms with Gasteiger partial charge in [-0.05, 0) is 0 Å². The number of hydrogen-bond acceptors (Lipinski definition) is 10. The summed E-state index contributed by atoms with van der Waals surface area (Å²) in [6.07, 6.45) is 0. The summed E-state index contributed by atoms with van der Waals surface area (Å²) in [5.41, 5.74) is 0. The molecule has 24 heavy (non-hydrogen) atoms. The number of hydrogen-bond donors (Lipinski definition) is 0. The molecule has 0 saturated heterocycles. The van der Waals surface area contributed by atoms with E-state index in [1.165, 1.54) is 0 Å². The van der Waals surface area contributed by atoms with Gasteiger partial charge in [-0.1, -0.05) is 19.6 Å². The summed E-state index contributed by atoms with van der Waals surface area (Å²) < 4.78 is 117. The maximum absolute atomic E-state index is 12.0. The van der Waals surface area contributed by atoms with Crippen molar-refractivity contribution in [3.05, 3.63) is 0 Å². The highest BCUT2D eigenvalue weighted by Gasteiger charge is 2.51. The molecule has 21 heteroatoms. The first-order chi connectivity index (χ1) is 10.8. The molecule has 0 aromatic carbocycles. The minimum Gasteiger partial charge on any atom is -0.389 e. The highest BCUT2D eigenvalue weighted by molar-refractivity contribution is 7.78. The standard InChI is InChI=1S/C3H10O10Si11/c1-24(2,3)23(13)22(12)21(11)20(10)19(9)18(8)17(7)16(6)15(5)14-4/h14H,1-3H3. The maximum atomic E-state index is 12.0. The van der Waals surface area contributed by atoms with E-state index in [0.29, 0.717) is 0 Å². The lowest BCUT2D eigenvalue weighted by Gasteiger charge is -2.08. The van der Waals surface area contributed by atoms with Gasteiger partial charge in [-0.25, -0.2) is 0 Å². The van der Waals surface area contributed by atoms with Gasteiger partial charge in [-0.2, -0.15) is 0 Å². The maximum Gasteiger partial charge on any atom is 0.381 e. The largest absolute Gasteiger partial charge is 0.389 e. The van der Waals surface area contributed by atoms with Gasteiger partial charge in [0.15, 0.2) is 0 Å². The van der Waals surface area contributed by atoms with E-state index in [1.54, 1.807) is 19.6 Å². The molecular formula is C3H10O10Si11. The molecule has 0 unspecified atom stereocenters. The molecule has 0 aliphatic rings. The lowest BCUT2D eigenvalue weighted by Crippen LogP contribution is -2.55. The Balaban J connectivity index is 5.36. The second-order valence-electron chi connectivity index (χ2n) is 5.37. The van der Waals surface area contributed by atoms with Gasteiger partial charge in [0.05, 0.1) is 0 Å². The molecule has 0 aromatic rings. The molecule has 0 saturated carbocycles. The van der Waals surface area contributed by atoms with Gasteiger partial charge >= 0.3 is 78.4 Å². The molecule has 0 radical (unpaired) electrons. The zero-order valence-corrected chi connectivity index (χ0v) is 23.8. The molecule has 0 aliphatic heterocycles. The summed E-state index contributed by atoms with van der Waals surface area (Å²) in [7, 11) is -35.3. The van der Waals surface area contributed by atoms with Crippen LogP contribution < -0.4 is 0 Å². The molecule has 0 atom stereocenters. The monoisotopic (exact) mass is 514 g/mol. The van der Waals surface area contributed by atoms with Gasteiger partial charge in [0.25, 0.3) is 0 Å². The van der Waals surface area contributed by atoms with Gasteiger partial charge in [0, 0.05) is 0 Å². The zero-order chi connectivity index (χ0) is 19.4. The molecule has 0 rings (SSSR count). The zero-order valence-electron chi connectivity index (χ0n) is 12.7. The van der Waals surface area contributed by atoms with E-state index in [2.05, 4.69) is 0 Å². The minimum atomic E-state index is -3.71. The van der Waals surface area contributed by atoms with Crippen LogP contribution >= 0.6 is 0 Å². The van der Waals surface area contributed by atoms with Crippen LogP contribution in [0.1, 0.15) is 0 Å². The van der Waals surface area contributed by atoms with E-state index in [4.69, 9.17) is 0 Å². The van der Waals surface area contributed by atoms with Crippen molar-refractivity contribution in [1.82, 2.24) is 0 Å². The van der Waals surface area contributed by atoms with E-state index in [1.807, 2.05) is 0 Å². The van der Waals surface area contributed by atoms with Gasteiger partial charge in [0.1, 0.15) is 7.59 Å². The third-order valence-electron chi connectivity index (χ3n) is 2.46. The summed E-state index contributed by atoms with van der Waals surface area (Å²) in [5, 5.41) is 0. The molecule has 0 amide bonds. The first kappa shape index (κ1) is 24.4. The van der Waals surface area contributed by atoms with Crippen LogP contribution in [0.25, 0.3) is 0 Å². The fourth-order valence-corrected chi connectivity index (χ4v) is 110. The van der Waals surface area contributed by atoms with Crippen molar-refractivity contribution in [2.24, 2.45) is 0 Å². The van der Waals surface area contributed by atoms with Crippen LogP contribution in [0.3, 0.4) is 0 Å². The average Bonchev–Trinajstić information content (AvgIpc) is 2.54. The normalized spacial score (nSPS) is 10.3. The van der Waals surface area contributed by atoms with Crippen LogP contribution in [0, 0.1) is 0 Å². The predicted octanol–water partition coefficient (Wildman–Crippen LogP) is -3.89. The highest BCUT2D eigenvalue weighted by atomic mass is 30.1. The lowest BCUT2D eigenvalue weighted by molar-refractivity contribution is 0.534. The summed E-state index contributed by atoms with van der Waals surface area (Å²) in [6.45, 7) is 4.84. The molecule has 0 fully saturated rings. The Bertz CT molecular complexity index is 740. The molecule has 0 N–H and O–H groups in total. The molecule has 0 aliphatic carbocycles. The van der Waals surface area contributed by atoms with E-state index >= 15 is 0 Å². The fraction of sp³-hybridized carbons (Fsp3) is 1.00. The molecular weight excluding hydrogens is 505 g/mol. The smallest absolute Gasteiger partial charge is 0.381 e. The Morgan fingerprint density at radius 3 is 1.12 bits per heavy atom. The Labute approximate surface area is 149 Å². The van der Waals surface area contributed by atoms with Crippen LogP contribution in [0.2, 0.25) is 19.6 Å². The first-order valence-electron chi connectivity index (χ1n) is 6.11. The molecule has 0 aromatic heterocycles. The molecule has 0 spiro atoms. The summed E-state index contributed by atoms with van der Waals surface area (Å²) >= 11 is 0. The SMILES string of the molecule is C[Si](C)(C)[Si](=O)[Si](=O)[Si](=O)[Si](=O)[Si](=O)[Si](=O)[Si](=O)[Si](=O)[Si](=O)[SiH]=O. The molecule has 0 bridgehead atoms. The van der Waals surface area contributed by atoms with Crippen molar-refractivity contribution in [3.8, 4) is 0 Å². The lowest BCUT2D eigenvalue weighted by atomic mass is 11.8. The van der Waals surface area contributed by atoms with Crippen molar-refractivity contribution in [3.63, 3.8) is 0 Å². The molecule has 126 valence electrons. The Hall–Kier alpha value is 0.386. The summed E-state index contributed by atoms with van der Waals surface area (Å²) in [4.78, 5) is 0. The quantitative estimate of drug-likeness (QED) is 0.262. The van der Waals surface area contributed by atoms with Crippen molar-refractivity contribution >= 4 is 86.0 Å². The Morgan fingerprint density at radius 2 is 0.833 bits per heavy atom. The van der Waals surface area contributed by atoms with Crippen molar-refractivity contribution in [1.29, 1.82) is 0 Å². The second-order valence-corrected chi connectivity index (χ2v) is 59.9. The van der Waals surface area contributed by atoms with Gasteiger partial charge in [-0.3, -0.25) is 0 Å². The van der Waals surface area contributed by atoms with Crippen molar-refractivity contribution < 1.29 is 44.6 Å². The van der Waals surface area contributed by atoms with E-state index in [-0.39, 0.29) is 0 Å². The van der Waals surface area contributed by atoms with Gasteiger partial charge in [0.2, 0.25) is 0 Å². The Morgan fingerprint density at radius 1 is 0.542 bits per heavy atom. The van der Waals surface area contributed by atoms with E-state index in [9.17, 15) is 44.6 Å². The predicted molar refractivity (Wildman–Crippen MR) is 89.1 cm³/mol. The van der Waals surface area contributed by atoms with Crippen LogP contribution in [0.5, 0.6) is 0 Å². The van der Waals surface area contributed by atoms with Gasteiger partial charge in [-0.15, -0.1) is 0 Å². The topological polar surface area (TPSA) is 171 Å². The number of rotatable bonds is 10. The highest BCUT2D eigenvalue weighted by Crippen LogP contribution is 2.00.